The maximum absolute atomic E-state index is 13.4. The van der Waals surface area contributed by atoms with E-state index >= 15 is 0 Å². The van der Waals surface area contributed by atoms with Crippen molar-refractivity contribution in [1.29, 1.82) is 0 Å². The molecule has 1 fully saturated rings. The molecular weight excluding hydrogens is 509 g/mol. The Morgan fingerprint density at radius 2 is 1.81 bits per heavy atom. The number of sulfone groups is 1. The predicted octanol–water partition coefficient (Wildman–Crippen LogP) is 2.02. The zero-order valence-electron chi connectivity index (χ0n) is 19.2. The molecule has 1 unspecified atom stereocenters. The number of likely N-dealkylation sites (tertiary alicyclic amines) is 1. The van der Waals surface area contributed by atoms with Crippen molar-refractivity contribution in [2.24, 2.45) is 0 Å². The molecule has 0 bridgehead atoms. The summed E-state index contributed by atoms with van der Waals surface area (Å²) in [6.07, 6.45) is 0.840. The van der Waals surface area contributed by atoms with Crippen LogP contribution in [0.3, 0.4) is 0 Å². The van der Waals surface area contributed by atoms with E-state index in [1.54, 1.807) is 0 Å². The lowest BCUT2D eigenvalue weighted by Gasteiger charge is -2.17. The van der Waals surface area contributed by atoms with Gasteiger partial charge in [-0.1, -0.05) is 12.1 Å². The Morgan fingerprint density at radius 1 is 1.14 bits per heavy atom. The first-order valence-electron chi connectivity index (χ1n) is 11.0. The zero-order valence-corrected chi connectivity index (χ0v) is 20.0. The SMILES string of the molecule is CS(=O)(=O)C1CCN(C(=O)Oc2c3c(c(O)c4ncccc24)C(=O)N(Cc2ccc(F)cc2)C3=O)C1=O. The van der Waals surface area contributed by atoms with E-state index < -0.39 is 67.3 Å². The summed E-state index contributed by atoms with van der Waals surface area (Å²) < 4.78 is 42.5. The molecule has 0 spiro atoms. The van der Waals surface area contributed by atoms with Gasteiger partial charge in [-0.05, 0) is 36.2 Å². The lowest BCUT2D eigenvalue weighted by atomic mass is 10.0. The molecular formula is C24H18FN3O8S. The summed E-state index contributed by atoms with van der Waals surface area (Å²) in [5.74, 6) is -4.26. The molecule has 1 aromatic heterocycles. The highest BCUT2D eigenvalue weighted by Crippen LogP contribution is 2.44. The summed E-state index contributed by atoms with van der Waals surface area (Å²) in [4.78, 5) is 57.6. The lowest BCUT2D eigenvalue weighted by molar-refractivity contribution is -0.125. The number of ether oxygens (including phenoxy) is 1. The number of hydrogen-bond donors (Lipinski definition) is 1. The van der Waals surface area contributed by atoms with Gasteiger partial charge in [-0.25, -0.2) is 22.5 Å². The molecule has 37 heavy (non-hydrogen) atoms. The number of aromatic hydroxyl groups is 1. The fraction of sp³-hybridized carbons (Fsp3) is 0.208. The van der Waals surface area contributed by atoms with Crippen LogP contribution in [0.15, 0.2) is 42.6 Å². The van der Waals surface area contributed by atoms with Gasteiger partial charge in [-0.3, -0.25) is 24.3 Å². The first kappa shape index (κ1) is 24.3. The highest BCUT2D eigenvalue weighted by molar-refractivity contribution is 7.92. The van der Waals surface area contributed by atoms with Gasteiger partial charge in [0.15, 0.2) is 21.3 Å². The first-order valence-corrected chi connectivity index (χ1v) is 12.9. The summed E-state index contributed by atoms with van der Waals surface area (Å²) in [7, 11) is -3.77. The van der Waals surface area contributed by atoms with Crippen LogP contribution in [0.25, 0.3) is 10.9 Å². The van der Waals surface area contributed by atoms with Crippen molar-refractivity contribution in [3.8, 4) is 11.5 Å². The van der Waals surface area contributed by atoms with Crippen LogP contribution in [0.1, 0.15) is 32.7 Å². The average molecular weight is 527 g/mol. The quantitative estimate of drug-likeness (QED) is 0.503. The number of imide groups is 2. The molecule has 4 amide bonds. The Morgan fingerprint density at radius 3 is 2.46 bits per heavy atom. The minimum Gasteiger partial charge on any atom is -0.505 e. The number of phenols is 1. The van der Waals surface area contributed by atoms with Crippen LogP contribution in [0, 0.1) is 5.82 Å². The number of carbonyl (C=O) groups excluding carboxylic acids is 4. The van der Waals surface area contributed by atoms with Crippen molar-refractivity contribution in [2.75, 3.05) is 12.8 Å². The topological polar surface area (TPSA) is 151 Å². The van der Waals surface area contributed by atoms with E-state index in [1.165, 1.54) is 30.5 Å². The summed E-state index contributed by atoms with van der Waals surface area (Å²) >= 11 is 0. The van der Waals surface area contributed by atoms with Gasteiger partial charge in [0.05, 0.1) is 6.54 Å². The molecule has 0 saturated carbocycles. The van der Waals surface area contributed by atoms with Crippen LogP contribution in [-0.4, -0.2) is 70.2 Å². The Hall–Kier alpha value is -4.39. The number of phenolic OH excluding ortho intramolecular Hbond substituents is 1. The Kier molecular flexibility index (Phi) is 5.67. The van der Waals surface area contributed by atoms with Gasteiger partial charge in [0.2, 0.25) is 5.91 Å². The molecule has 2 aliphatic rings. The third kappa shape index (κ3) is 3.96. The number of rotatable bonds is 4. The van der Waals surface area contributed by atoms with Crippen molar-refractivity contribution < 1.29 is 41.8 Å². The standard InChI is InChI=1S/C24H18FN3O8S/c1-37(34,35)15-8-10-27(21(15)30)24(33)36-20-14-3-2-9-26-18(14)19(29)16-17(20)23(32)28(22(16)31)11-12-4-6-13(25)7-5-12/h2-7,9,15,29H,8,10-11H2,1H3. The average Bonchev–Trinajstić information content (AvgIpc) is 3.36. The largest absolute Gasteiger partial charge is 0.505 e. The minimum absolute atomic E-state index is 0.0168. The molecule has 190 valence electrons. The van der Waals surface area contributed by atoms with Gasteiger partial charge in [0.25, 0.3) is 11.8 Å². The molecule has 5 rings (SSSR count). The lowest BCUT2D eigenvalue weighted by Crippen LogP contribution is -2.39. The molecule has 2 aliphatic heterocycles. The number of nitrogens with zero attached hydrogens (tertiary/aromatic N) is 3. The number of benzene rings is 2. The predicted molar refractivity (Wildman–Crippen MR) is 125 cm³/mol. The van der Waals surface area contributed by atoms with Gasteiger partial charge < -0.3 is 9.84 Å². The number of fused-ring (bicyclic) bond motifs is 2. The summed E-state index contributed by atoms with van der Waals surface area (Å²) in [5.41, 5.74) is -0.561. The molecule has 0 aliphatic carbocycles. The van der Waals surface area contributed by atoms with Crippen molar-refractivity contribution in [3.63, 3.8) is 0 Å². The molecule has 0 radical (unpaired) electrons. The maximum atomic E-state index is 13.4. The van der Waals surface area contributed by atoms with Crippen LogP contribution in [-0.2, 0) is 21.2 Å². The second kappa shape index (κ2) is 8.62. The number of carbonyl (C=O) groups is 4. The minimum atomic E-state index is -3.77. The normalized spacial score (nSPS) is 17.6. The van der Waals surface area contributed by atoms with E-state index in [4.69, 9.17) is 4.74 Å². The molecule has 11 nitrogen and oxygen atoms in total. The van der Waals surface area contributed by atoms with Gasteiger partial charge >= 0.3 is 6.09 Å². The van der Waals surface area contributed by atoms with Crippen LogP contribution in [0.5, 0.6) is 11.5 Å². The van der Waals surface area contributed by atoms with Gasteiger partial charge in [-0.2, -0.15) is 0 Å². The van der Waals surface area contributed by atoms with Gasteiger partial charge in [-0.15, -0.1) is 0 Å². The van der Waals surface area contributed by atoms with Crippen molar-refractivity contribution >= 4 is 44.6 Å². The summed E-state index contributed by atoms with van der Waals surface area (Å²) in [6.45, 7) is -0.487. The van der Waals surface area contributed by atoms with Gasteiger partial charge in [0, 0.05) is 24.4 Å². The van der Waals surface area contributed by atoms with E-state index in [9.17, 15) is 37.1 Å². The number of aromatic nitrogens is 1. The summed E-state index contributed by atoms with van der Waals surface area (Å²) in [6, 6.07) is 7.93. The van der Waals surface area contributed by atoms with Crippen molar-refractivity contribution in [1.82, 2.24) is 14.8 Å². The molecule has 1 N–H and O–H groups in total. The maximum Gasteiger partial charge on any atom is 0.422 e. The van der Waals surface area contributed by atoms with Crippen LogP contribution in [0.2, 0.25) is 0 Å². The number of pyridine rings is 1. The van der Waals surface area contributed by atoms with Crippen LogP contribution < -0.4 is 4.74 Å². The van der Waals surface area contributed by atoms with Gasteiger partial charge in [0.1, 0.15) is 27.7 Å². The second-order valence-electron chi connectivity index (χ2n) is 8.61. The molecule has 3 heterocycles. The first-order chi connectivity index (χ1) is 17.5. The number of halogens is 1. The Bertz CT molecular complexity index is 1620. The highest BCUT2D eigenvalue weighted by Gasteiger charge is 2.45. The Balaban J connectivity index is 1.57. The zero-order chi connectivity index (χ0) is 26.6. The molecule has 3 aromatic rings. The van der Waals surface area contributed by atoms with E-state index in [1.807, 2.05) is 0 Å². The third-order valence-corrected chi connectivity index (χ3v) is 7.72. The number of amides is 4. The van der Waals surface area contributed by atoms with E-state index in [0.717, 1.165) is 23.3 Å². The molecule has 13 heteroatoms. The fourth-order valence-electron chi connectivity index (χ4n) is 4.43. The van der Waals surface area contributed by atoms with Crippen molar-refractivity contribution in [2.45, 2.75) is 18.2 Å². The van der Waals surface area contributed by atoms with E-state index in [0.29, 0.717) is 10.5 Å². The van der Waals surface area contributed by atoms with E-state index in [2.05, 4.69) is 4.98 Å². The summed E-state index contributed by atoms with van der Waals surface area (Å²) in [5, 5.41) is 9.44. The van der Waals surface area contributed by atoms with Crippen LogP contribution >= 0.6 is 0 Å². The Labute approximate surface area is 209 Å². The molecule has 1 saturated heterocycles. The monoisotopic (exact) mass is 527 g/mol. The smallest absolute Gasteiger partial charge is 0.422 e. The molecule has 1 atom stereocenters. The highest BCUT2D eigenvalue weighted by atomic mass is 32.2. The second-order valence-corrected chi connectivity index (χ2v) is 10.8. The van der Waals surface area contributed by atoms with Crippen LogP contribution in [0.4, 0.5) is 9.18 Å². The fourth-order valence-corrected chi connectivity index (χ4v) is 5.46. The van der Waals surface area contributed by atoms with Crippen molar-refractivity contribution in [3.05, 3.63) is 65.1 Å². The number of hydrogen-bond acceptors (Lipinski definition) is 9. The molecule has 2 aromatic carbocycles. The third-order valence-electron chi connectivity index (χ3n) is 6.25. The van der Waals surface area contributed by atoms with E-state index in [-0.39, 0.29) is 30.4 Å².